The van der Waals surface area contributed by atoms with Gasteiger partial charge >= 0.3 is 0 Å². The fourth-order valence-electron chi connectivity index (χ4n) is 2.31. The van der Waals surface area contributed by atoms with Crippen LogP contribution in [0.5, 0.6) is 0 Å². The maximum Gasteiger partial charge on any atom is 0.191 e. The molecule has 0 amide bonds. The van der Waals surface area contributed by atoms with E-state index in [9.17, 15) is 0 Å². The van der Waals surface area contributed by atoms with E-state index in [1.54, 1.807) is 6.26 Å². The summed E-state index contributed by atoms with van der Waals surface area (Å²) in [5.74, 6) is 2.29. The van der Waals surface area contributed by atoms with Gasteiger partial charge in [0.05, 0.1) is 6.26 Å². The third kappa shape index (κ3) is 10.6. The van der Waals surface area contributed by atoms with Crippen LogP contribution in [0.15, 0.2) is 27.8 Å². The molecule has 0 aliphatic heterocycles. The van der Waals surface area contributed by atoms with Gasteiger partial charge < -0.3 is 20.2 Å². The molecule has 1 rings (SSSR count). The zero-order valence-electron chi connectivity index (χ0n) is 14.4. The molecule has 0 fully saturated rings. The second-order valence-electron chi connectivity index (χ2n) is 5.54. The second kappa shape index (κ2) is 14.8. The molecule has 23 heavy (non-hydrogen) atoms. The highest BCUT2D eigenvalue weighted by Crippen LogP contribution is 2.11. The third-order valence-electron chi connectivity index (χ3n) is 3.53. The predicted molar refractivity (Wildman–Crippen MR) is 107 cm³/mol. The monoisotopic (exact) mass is 437 g/mol. The van der Waals surface area contributed by atoms with Crippen molar-refractivity contribution in [2.45, 2.75) is 46.0 Å². The van der Waals surface area contributed by atoms with Gasteiger partial charge in [0.2, 0.25) is 0 Å². The van der Waals surface area contributed by atoms with Crippen LogP contribution >= 0.6 is 24.0 Å². The van der Waals surface area contributed by atoms with E-state index in [0.29, 0.717) is 5.92 Å². The first-order valence-electron chi connectivity index (χ1n) is 8.45. The molecule has 0 aromatic carbocycles. The molecule has 5 nitrogen and oxygen atoms in total. The minimum atomic E-state index is 0. The van der Waals surface area contributed by atoms with Crippen molar-refractivity contribution in [3.8, 4) is 0 Å². The van der Waals surface area contributed by atoms with Crippen LogP contribution in [0.3, 0.4) is 0 Å². The van der Waals surface area contributed by atoms with E-state index in [0.717, 1.165) is 63.5 Å². The Labute approximate surface area is 157 Å². The van der Waals surface area contributed by atoms with Crippen LogP contribution in [-0.2, 0) is 6.42 Å². The lowest BCUT2D eigenvalue weighted by Crippen LogP contribution is -2.39. The third-order valence-corrected chi connectivity index (χ3v) is 3.53. The number of aliphatic hydroxyl groups excluding tert-OH is 1. The summed E-state index contributed by atoms with van der Waals surface area (Å²) in [7, 11) is 0. The highest BCUT2D eigenvalue weighted by molar-refractivity contribution is 14.0. The van der Waals surface area contributed by atoms with E-state index in [2.05, 4.69) is 29.5 Å². The number of guanidine groups is 1. The van der Waals surface area contributed by atoms with Crippen molar-refractivity contribution in [1.29, 1.82) is 0 Å². The van der Waals surface area contributed by atoms with Crippen molar-refractivity contribution in [1.82, 2.24) is 10.6 Å². The Hall–Kier alpha value is -0.760. The van der Waals surface area contributed by atoms with E-state index in [4.69, 9.17) is 9.52 Å². The van der Waals surface area contributed by atoms with Gasteiger partial charge in [0.1, 0.15) is 5.76 Å². The van der Waals surface area contributed by atoms with Gasteiger partial charge in [-0.3, -0.25) is 4.99 Å². The summed E-state index contributed by atoms with van der Waals surface area (Å²) in [6.07, 6.45) is 6.67. The maximum absolute atomic E-state index is 9.13. The fraction of sp³-hybridized carbons (Fsp3) is 0.706. The zero-order valence-corrected chi connectivity index (χ0v) is 16.7. The van der Waals surface area contributed by atoms with Crippen LogP contribution in [0.2, 0.25) is 0 Å². The highest BCUT2D eigenvalue weighted by Gasteiger charge is 2.07. The molecule has 0 aliphatic rings. The first kappa shape index (κ1) is 22.2. The molecule has 1 atom stereocenters. The Morgan fingerprint density at radius 2 is 2.00 bits per heavy atom. The highest BCUT2D eigenvalue weighted by atomic mass is 127. The van der Waals surface area contributed by atoms with Gasteiger partial charge in [0, 0.05) is 32.7 Å². The van der Waals surface area contributed by atoms with E-state index in [1.165, 1.54) is 0 Å². The van der Waals surface area contributed by atoms with Crippen LogP contribution in [0.1, 0.15) is 45.3 Å². The molecule has 1 heterocycles. The number of halogens is 1. The Bertz CT molecular complexity index is 391. The van der Waals surface area contributed by atoms with Crippen LogP contribution in [-0.4, -0.2) is 37.3 Å². The molecule has 0 saturated carbocycles. The molecule has 0 bridgehead atoms. The van der Waals surface area contributed by atoms with Crippen molar-refractivity contribution in [2.75, 3.05) is 26.2 Å². The van der Waals surface area contributed by atoms with Gasteiger partial charge in [-0.1, -0.05) is 20.3 Å². The van der Waals surface area contributed by atoms with Crippen molar-refractivity contribution in [3.63, 3.8) is 0 Å². The molecule has 3 N–H and O–H groups in total. The molecule has 134 valence electrons. The number of nitrogens with one attached hydrogen (secondary N) is 2. The van der Waals surface area contributed by atoms with Crippen molar-refractivity contribution in [2.24, 2.45) is 10.9 Å². The fourth-order valence-corrected chi connectivity index (χ4v) is 2.31. The second-order valence-corrected chi connectivity index (χ2v) is 5.54. The van der Waals surface area contributed by atoms with E-state index in [1.807, 2.05) is 12.1 Å². The van der Waals surface area contributed by atoms with Gasteiger partial charge in [0.25, 0.3) is 0 Å². The average molecular weight is 437 g/mol. The maximum atomic E-state index is 9.13. The smallest absolute Gasteiger partial charge is 0.191 e. The lowest BCUT2D eigenvalue weighted by atomic mass is 10.0. The number of aliphatic hydroxyl groups is 1. The molecule has 1 aromatic rings. The number of hydrogen-bond donors (Lipinski definition) is 3. The first-order valence-corrected chi connectivity index (χ1v) is 8.45. The van der Waals surface area contributed by atoms with Crippen LogP contribution in [0.4, 0.5) is 0 Å². The van der Waals surface area contributed by atoms with Crippen molar-refractivity contribution in [3.05, 3.63) is 24.2 Å². The van der Waals surface area contributed by atoms with Gasteiger partial charge in [-0.05, 0) is 37.3 Å². The molecule has 0 spiro atoms. The molecule has 0 radical (unpaired) electrons. The lowest BCUT2D eigenvalue weighted by Gasteiger charge is -2.15. The van der Waals surface area contributed by atoms with Crippen molar-refractivity contribution >= 4 is 29.9 Å². The summed E-state index contributed by atoms with van der Waals surface area (Å²) in [5.41, 5.74) is 0. The van der Waals surface area contributed by atoms with Crippen LogP contribution < -0.4 is 10.6 Å². The van der Waals surface area contributed by atoms with E-state index < -0.39 is 0 Å². The minimum absolute atomic E-state index is 0. The molecular formula is C17H32IN3O2. The lowest BCUT2D eigenvalue weighted by molar-refractivity contribution is 0.253. The summed E-state index contributed by atoms with van der Waals surface area (Å²) in [4.78, 5) is 4.67. The molecule has 0 aliphatic carbocycles. The molecular weight excluding hydrogens is 405 g/mol. The number of rotatable bonds is 11. The largest absolute Gasteiger partial charge is 0.469 e. The number of furan rings is 1. The summed E-state index contributed by atoms with van der Waals surface area (Å²) >= 11 is 0. The zero-order chi connectivity index (χ0) is 16.0. The van der Waals surface area contributed by atoms with Crippen molar-refractivity contribution < 1.29 is 9.52 Å². The summed E-state index contributed by atoms with van der Waals surface area (Å²) in [6, 6.07) is 3.89. The Morgan fingerprint density at radius 1 is 1.22 bits per heavy atom. The Balaban J connectivity index is 0.00000484. The number of hydrogen-bond acceptors (Lipinski definition) is 3. The van der Waals surface area contributed by atoms with E-state index >= 15 is 0 Å². The number of aliphatic imine (C=N–C) groups is 1. The van der Waals surface area contributed by atoms with Gasteiger partial charge in [0.15, 0.2) is 5.96 Å². The SMILES string of the molecule is CCCNC(=NCC(CCC)CCO)NCCc1ccco1.I. The normalized spacial score (nSPS) is 12.6. The molecule has 1 unspecified atom stereocenters. The Morgan fingerprint density at radius 3 is 2.61 bits per heavy atom. The molecule has 0 saturated heterocycles. The Kier molecular flexibility index (Phi) is 14.3. The average Bonchev–Trinajstić information content (AvgIpc) is 3.03. The van der Waals surface area contributed by atoms with Crippen LogP contribution in [0, 0.1) is 5.92 Å². The van der Waals surface area contributed by atoms with Gasteiger partial charge in [-0.2, -0.15) is 0 Å². The standard InChI is InChI=1S/C17H31N3O2.HI/c1-3-6-15(9-12-21)14-20-17(18-10-4-2)19-11-8-16-7-5-13-22-16;/h5,7,13,15,21H,3-4,6,8-12,14H2,1-2H3,(H2,18,19,20);1H. The topological polar surface area (TPSA) is 69.8 Å². The van der Waals surface area contributed by atoms with E-state index in [-0.39, 0.29) is 30.6 Å². The molecule has 6 heteroatoms. The first-order chi connectivity index (χ1) is 10.8. The van der Waals surface area contributed by atoms with Gasteiger partial charge in [-0.25, -0.2) is 0 Å². The molecule has 1 aromatic heterocycles. The summed E-state index contributed by atoms with van der Waals surface area (Å²) in [6.45, 7) is 7.01. The minimum Gasteiger partial charge on any atom is -0.469 e. The predicted octanol–water partition coefficient (Wildman–Crippen LogP) is 3.18. The summed E-state index contributed by atoms with van der Waals surface area (Å²) < 4.78 is 5.33. The van der Waals surface area contributed by atoms with Crippen LogP contribution in [0.25, 0.3) is 0 Å². The summed E-state index contributed by atoms with van der Waals surface area (Å²) in [5, 5.41) is 15.8. The van der Waals surface area contributed by atoms with Gasteiger partial charge in [-0.15, -0.1) is 24.0 Å². The quantitative estimate of drug-likeness (QED) is 0.283. The number of nitrogens with zero attached hydrogens (tertiary/aromatic N) is 1.